The average molecular weight is 623 g/mol. The minimum atomic E-state index is -0.371. The fourth-order valence-electron chi connectivity index (χ4n) is 8.29. The second-order valence-corrected chi connectivity index (χ2v) is 12.9. The standard InChI is InChI=1S/C47H30N2/c1-3-15-31(16-4-1)34-19-7-8-23-38(34)45-30-44(32-17-5-2-6-18-32)48-46(49-45)33-27-28-43-39(29-33)37-22-11-14-26-42(37)47(43)40-24-12-9-20-35(40)36-21-10-13-25-41(36)47/h1-30H. The fraction of sp³-hybridized carbons (Fsp3) is 0.0213. The minimum absolute atomic E-state index is 0.371. The van der Waals surface area contributed by atoms with Gasteiger partial charge in [0.15, 0.2) is 5.82 Å². The quantitative estimate of drug-likeness (QED) is 0.195. The van der Waals surface area contributed by atoms with Crippen molar-refractivity contribution in [2.24, 2.45) is 0 Å². The van der Waals surface area contributed by atoms with Gasteiger partial charge in [-0.25, -0.2) is 9.97 Å². The molecular formula is C47H30N2. The van der Waals surface area contributed by atoms with Crippen LogP contribution in [0.3, 0.4) is 0 Å². The lowest BCUT2D eigenvalue weighted by Gasteiger charge is -2.30. The lowest BCUT2D eigenvalue weighted by molar-refractivity contribution is 0.794. The van der Waals surface area contributed by atoms with Gasteiger partial charge in [0.05, 0.1) is 16.8 Å². The molecule has 0 amide bonds. The molecule has 1 heterocycles. The van der Waals surface area contributed by atoms with Gasteiger partial charge in [0.25, 0.3) is 0 Å². The fourth-order valence-corrected chi connectivity index (χ4v) is 8.29. The number of fused-ring (bicyclic) bond motifs is 10. The molecule has 0 aliphatic heterocycles. The van der Waals surface area contributed by atoms with Crippen LogP contribution in [0.1, 0.15) is 22.3 Å². The largest absolute Gasteiger partial charge is 0.228 e. The smallest absolute Gasteiger partial charge is 0.160 e. The second kappa shape index (κ2) is 10.8. The Bertz CT molecular complexity index is 2500. The Kier molecular flexibility index (Phi) is 6.13. The van der Waals surface area contributed by atoms with Crippen LogP contribution in [0.2, 0.25) is 0 Å². The number of hydrogen-bond donors (Lipinski definition) is 0. The zero-order valence-corrected chi connectivity index (χ0v) is 26.7. The molecule has 0 unspecified atom stereocenters. The molecule has 2 nitrogen and oxygen atoms in total. The zero-order valence-electron chi connectivity index (χ0n) is 26.7. The van der Waals surface area contributed by atoms with Crippen molar-refractivity contribution in [2.75, 3.05) is 0 Å². The Hall–Kier alpha value is -6.38. The molecule has 2 aliphatic rings. The molecule has 2 aliphatic carbocycles. The van der Waals surface area contributed by atoms with Gasteiger partial charge in [-0.2, -0.15) is 0 Å². The first-order chi connectivity index (χ1) is 24.3. The van der Waals surface area contributed by atoms with Gasteiger partial charge >= 0.3 is 0 Å². The number of benzene rings is 7. The molecule has 0 fully saturated rings. The number of nitrogens with zero attached hydrogens (tertiary/aromatic N) is 2. The molecule has 0 N–H and O–H groups in total. The summed E-state index contributed by atoms with van der Waals surface area (Å²) in [5, 5.41) is 0. The molecule has 8 aromatic rings. The highest BCUT2D eigenvalue weighted by Gasteiger charge is 2.51. The van der Waals surface area contributed by atoms with Gasteiger partial charge in [-0.15, -0.1) is 0 Å². The third kappa shape index (κ3) is 4.07. The maximum atomic E-state index is 5.32. The lowest BCUT2D eigenvalue weighted by atomic mass is 9.70. The molecule has 0 saturated heterocycles. The van der Waals surface area contributed by atoms with E-state index in [1.807, 2.05) is 6.07 Å². The third-order valence-electron chi connectivity index (χ3n) is 10.3. The average Bonchev–Trinajstić information content (AvgIpc) is 3.65. The van der Waals surface area contributed by atoms with Gasteiger partial charge < -0.3 is 0 Å². The first kappa shape index (κ1) is 27.7. The van der Waals surface area contributed by atoms with Crippen molar-refractivity contribution in [2.45, 2.75) is 5.41 Å². The Labute approximate surface area is 286 Å². The number of hydrogen-bond acceptors (Lipinski definition) is 2. The van der Waals surface area contributed by atoms with Crippen molar-refractivity contribution < 1.29 is 0 Å². The molecule has 0 bridgehead atoms. The van der Waals surface area contributed by atoms with Crippen LogP contribution in [0.25, 0.3) is 67.3 Å². The highest BCUT2D eigenvalue weighted by atomic mass is 14.9. The van der Waals surface area contributed by atoms with Crippen molar-refractivity contribution in [1.82, 2.24) is 9.97 Å². The summed E-state index contributed by atoms with van der Waals surface area (Å²) in [5.74, 6) is 0.715. The van der Waals surface area contributed by atoms with E-state index in [0.717, 1.165) is 39.2 Å². The Balaban J connectivity index is 1.21. The van der Waals surface area contributed by atoms with E-state index in [1.54, 1.807) is 0 Å². The van der Waals surface area contributed by atoms with Gasteiger partial charge in [-0.05, 0) is 67.8 Å². The van der Waals surface area contributed by atoms with Crippen molar-refractivity contribution in [3.8, 4) is 67.3 Å². The summed E-state index contributed by atoms with van der Waals surface area (Å²) in [4.78, 5) is 10.5. The van der Waals surface area contributed by atoms with Gasteiger partial charge in [-0.3, -0.25) is 0 Å². The van der Waals surface area contributed by atoms with Crippen LogP contribution >= 0.6 is 0 Å². The highest BCUT2D eigenvalue weighted by molar-refractivity contribution is 5.96. The SMILES string of the molecule is c1ccc(-c2cc(-c3ccccc3-c3ccccc3)nc(-c3ccc4c(c3)-c3ccccc3C43c4ccccc4-c4ccccc43)n2)cc1. The maximum Gasteiger partial charge on any atom is 0.160 e. The topological polar surface area (TPSA) is 25.8 Å². The van der Waals surface area contributed by atoms with E-state index in [1.165, 1.54) is 44.5 Å². The lowest BCUT2D eigenvalue weighted by Crippen LogP contribution is -2.25. The Morgan fingerprint density at radius 2 is 0.735 bits per heavy atom. The predicted octanol–water partition coefficient (Wildman–Crippen LogP) is 11.5. The van der Waals surface area contributed by atoms with Crippen LogP contribution in [-0.2, 0) is 5.41 Å². The van der Waals surface area contributed by atoms with E-state index >= 15 is 0 Å². The molecule has 1 aromatic heterocycles. The van der Waals surface area contributed by atoms with Crippen molar-refractivity contribution in [3.05, 3.63) is 204 Å². The molecule has 0 radical (unpaired) electrons. The van der Waals surface area contributed by atoms with Crippen molar-refractivity contribution in [3.63, 3.8) is 0 Å². The van der Waals surface area contributed by atoms with Crippen LogP contribution in [-0.4, -0.2) is 9.97 Å². The second-order valence-electron chi connectivity index (χ2n) is 12.9. The monoisotopic (exact) mass is 622 g/mol. The van der Waals surface area contributed by atoms with Crippen molar-refractivity contribution >= 4 is 0 Å². The summed E-state index contributed by atoms with van der Waals surface area (Å²) < 4.78 is 0. The molecule has 0 saturated carbocycles. The van der Waals surface area contributed by atoms with E-state index in [4.69, 9.17) is 9.97 Å². The van der Waals surface area contributed by atoms with Crippen LogP contribution in [0, 0.1) is 0 Å². The van der Waals surface area contributed by atoms with E-state index in [-0.39, 0.29) is 5.41 Å². The molecular weight excluding hydrogens is 593 g/mol. The highest BCUT2D eigenvalue weighted by Crippen LogP contribution is 2.62. The summed E-state index contributed by atoms with van der Waals surface area (Å²) in [6.07, 6.45) is 0. The Morgan fingerprint density at radius 1 is 0.286 bits per heavy atom. The van der Waals surface area contributed by atoms with Crippen LogP contribution < -0.4 is 0 Å². The summed E-state index contributed by atoms with van der Waals surface area (Å²) >= 11 is 0. The molecule has 49 heavy (non-hydrogen) atoms. The summed E-state index contributed by atoms with van der Waals surface area (Å²) in [6.45, 7) is 0. The molecule has 228 valence electrons. The summed E-state index contributed by atoms with van der Waals surface area (Å²) in [7, 11) is 0. The van der Waals surface area contributed by atoms with Crippen LogP contribution in [0.5, 0.6) is 0 Å². The molecule has 10 rings (SSSR count). The van der Waals surface area contributed by atoms with E-state index in [9.17, 15) is 0 Å². The van der Waals surface area contributed by atoms with E-state index < -0.39 is 0 Å². The first-order valence-corrected chi connectivity index (χ1v) is 16.8. The molecule has 2 heteroatoms. The zero-order chi connectivity index (χ0) is 32.4. The number of rotatable bonds is 4. The minimum Gasteiger partial charge on any atom is -0.228 e. The van der Waals surface area contributed by atoms with E-state index in [2.05, 4.69) is 176 Å². The summed E-state index contributed by atoms with van der Waals surface area (Å²) in [5.41, 5.74) is 17.3. The molecule has 1 spiro atoms. The van der Waals surface area contributed by atoms with Crippen LogP contribution in [0.4, 0.5) is 0 Å². The van der Waals surface area contributed by atoms with E-state index in [0.29, 0.717) is 5.82 Å². The van der Waals surface area contributed by atoms with Crippen molar-refractivity contribution in [1.29, 1.82) is 0 Å². The van der Waals surface area contributed by atoms with Gasteiger partial charge in [0, 0.05) is 16.7 Å². The normalized spacial score (nSPS) is 13.1. The molecule has 0 atom stereocenters. The first-order valence-electron chi connectivity index (χ1n) is 16.8. The van der Waals surface area contributed by atoms with Gasteiger partial charge in [0.1, 0.15) is 0 Å². The third-order valence-corrected chi connectivity index (χ3v) is 10.3. The van der Waals surface area contributed by atoms with Gasteiger partial charge in [0.2, 0.25) is 0 Å². The van der Waals surface area contributed by atoms with Gasteiger partial charge in [-0.1, -0.05) is 170 Å². The number of aromatic nitrogens is 2. The Morgan fingerprint density at radius 3 is 1.35 bits per heavy atom. The molecule has 7 aromatic carbocycles. The maximum absolute atomic E-state index is 5.32. The van der Waals surface area contributed by atoms with Crippen LogP contribution in [0.15, 0.2) is 182 Å². The predicted molar refractivity (Wildman–Crippen MR) is 200 cm³/mol. The summed E-state index contributed by atoms with van der Waals surface area (Å²) in [6, 6.07) is 65.3.